The molecule has 0 saturated heterocycles. The van der Waals surface area contributed by atoms with E-state index in [0.29, 0.717) is 32.2 Å². The summed E-state index contributed by atoms with van der Waals surface area (Å²) in [5.41, 5.74) is 15.1. The molecule has 126 valence electrons. The van der Waals surface area contributed by atoms with Crippen LogP contribution in [0, 0.1) is 0 Å². The second-order valence-electron chi connectivity index (χ2n) is 5.60. The van der Waals surface area contributed by atoms with Gasteiger partial charge in [-0.3, -0.25) is 14.6 Å². The highest BCUT2D eigenvalue weighted by Gasteiger charge is 2.54. The molecule has 1 atom stereocenters. The van der Waals surface area contributed by atoms with Crippen molar-refractivity contribution in [2.45, 2.75) is 44.1 Å². The van der Waals surface area contributed by atoms with Gasteiger partial charge in [-0.15, -0.1) is 0 Å². The highest BCUT2D eigenvalue weighted by molar-refractivity contribution is 5.88. The Bertz CT molecular complexity index is 617. The van der Waals surface area contributed by atoms with Crippen LogP contribution in [0.5, 0.6) is 0 Å². The van der Waals surface area contributed by atoms with Crippen LogP contribution in [0.4, 0.5) is 0 Å². The minimum absolute atomic E-state index is 0.0123. The van der Waals surface area contributed by atoms with E-state index in [-0.39, 0.29) is 23.6 Å². The molecular weight excluding hydrogens is 302 g/mol. The summed E-state index contributed by atoms with van der Waals surface area (Å²) in [5, 5.41) is 6.59. The average molecular weight is 323 g/mol. The molecule has 2 amide bonds. The standard InChI is InChI=1S/C13H21N7O3/c1-7(21)18-8(3-2-6-17-12(15)16)9-19-11(20-23-9)13(4-5-13)10(14)22/h8H,2-6H2,1H3,(H2,14,22)(H,18,21)(H4,15,16,17)/t8-/m1/s1. The Kier molecular flexibility index (Phi) is 4.82. The van der Waals surface area contributed by atoms with Crippen LogP contribution in [-0.2, 0) is 15.0 Å². The quantitative estimate of drug-likeness (QED) is 0.264. The Hall–Kier alpha value is -2.65. The van der Waals surface area contributed by atoms with Gasteiger partial charge in [0.1, 0.15) is 11.5 Å². The molecule has 10 heteroatoms. The van der Waals surface area contributed by atoms with Gasteiger partial charge in [0.2, 0.25) is 17.7 Å². The van der Waals surface area contributed by atoms with Crippen LogP contribution in [0.1, 0.15) is 50.4 Å². The van der Waals surface area contributed by atoms with Crippen LogP contribution in [0.25, 0.3) is 0 Å². The number of aliphatic imine (C=N–C) groups is 1. The van der Waals surface area contributed by atoms with Gasteiger partial charge in [0, 0.05) is 13.5 Å². The lowest BCUT2D eigenvalue weighted by Crippen LogP contribution is -2.30. The molecule has 0 bridgehead atoms. The molecule has 1 saturated carbocycles. The predicted molar refractivity (Wildman–Crippen MR) is 80.9 cm³/mol. The van der Waals surface area contributed by atoms with Crippen molar-refractivity contribution in [1.29, 1.82) is 0 Å². The number of nitrogens with one attached hydrogen (secondary N) is 1. The van der Waals surface area contributed by atoms with Gasteiger partial charge in [0.25, 0.3) is 0 Å². The molecule has 1 heterocycles. The van der Waals surface area contributed by atoms with Crippen LogP contribution >= 0.6 is 0 Å². The van der Waals surface area contributed by atoms with Crippen molar-refractivity contribution in [1.82, 2.24) is 15.5 Å². The first-order valence-electron chi connectivity index (χ1n) is 7.31. The summed E-state index contributed by atoms with van der Waals surface area (Å²) in [4.78, 5) is 31.0. The van der Waals surface area contributed by atoms with Crippen LogP contribution in [0.2, 0.25) is 0 Å². The van der Waals surface area contributed by atoms with Crippen molar-refractivity contribution in [2.24, 2.45) is 22.2 Å². The Labute approximate surface area is 132 Å². The van der Waals surface area contributed by atoms with Crippen molar-refractivity contribution in [2.75, 3.05) is 6.54 Å². The van der Waals surface area contributed by atoms with E-state index in [1.165, 1.54) is 6.92 Å². The number of guanidine groups is 1. The monoisotopic (exact) mass is 323 g/mol. The minimum Gasteiger partial charge on any atom is -0.370 e. The van der Waals surface area contributed by atoms with E-state index < -0.39 is 17.4 Å². The Morgan fingerprint density at radius 3 is 2.61 bits per heavy atom. The summed E-state index contributed by atoms with van der Waals surface area (Å²) in [5.74, 6) is -0.161. The molecule has 0 aliphatic heterocycles. The first-order chi connectivity index (χ1) is 10.8. The Morgan fingerprint density at radius 2 is 2.09 bits per heavy atom. The predicted octanol–water partition coefficient (Wildman–Crippen LogP) is -1.18. The fourth-order valence-electron chi connectivity index (χ4n) is 2.28. The second kappa shape index (κ2) is 6.63. The molecule has 0 radical (unpaired) electrons. The third-order valence-corrected chi connectivity index (χ3v) is 3.71. The number of primary amides is 1. The van der Waals surface area contributed by atoms with Gasteiger partial charge in [-0.1, -0.05) is 5.16 Å². The lowest BCUT2D eigenvalue weighted by molar-refractivity contribution is -0.121. The number of hydrogen-bond donors (Lipinski definition) is 4. The van der Waals surface area contributed by atoms with Crippen molar-refractivity contribution in [3.63, 3.8) is 0 Å². The van der Waals surface area contributed by atoms with Crippen molar-refractivity contribution in [3.05, 3.63) is 11.7 Å². The SMILES string of the molecule is CC(=O)N[C@H](CCCN=C(N)N)c1nc(C2(C(N)=O)CC2)no1. The third kappa shape index (κ3) is 3.96. The molecule has 0 spiro atoms. The van der Waals surface area contributed by atoms with E-state index in [0.717, 1.165) is 0 Å². The topological polar surface area (TPSA) is 176 Å². The summed E-state index contributed by atoms with van der Waals surface area (Å²) < 4.78 is 5.21. The summed E-state index contributed by atoms with van der Waals surface area (Å²) in [6, 6.07) is -0.466. The highest BCUT2D eigenvalue weighted by Crippen LogP contribution is 2.46. The van der Waals surface area contributed by atoms with Crippen LogP contribution in [0.3, 0.4) is 0 Å². The number of carbonyl (C=O) groups excluding carboxylic acids is 2. The van der Waals surface area contributed by atoms with Crippen LogP contribution < -0.4 is 22.5 Å². The molecular formula is C13H21N7O3. The molecule has 1 aliphatic carbocycles. The van der Waals surface area contributed by atoms with Crippen LogP contribution in [0.15, 0.2) is 9.52 Å². The van der Waals surface area contributed by atoms with Gasteiger partial charge in [-0.05, 0) is 25.7 Å². The number of aromatic nitrogens is 2. The zero-order valence-corrected chi connectivity index (χ0v) is 12.9. The molecule has 1 fully saturated rings. The number of hydrogen-bond acceptors (Lipinski definition) is 6. The molecule has 1 aromatic rings. The third-order valence-electron chi connectivity index (χ3n) is 3.71. The first kappa shape index (κ1) is 16.7. The second-order valence-corrected chi connectivity index (χ2v) is 5.60. The maximum atomic E-state index is 11.5. The van der Waals surface area contributed by atoms with E-state index in [1.54, 1.807) is 0 Å². The van der Waals surface area contributed by atoms with E-state index in [9.17, 15) is 9.59 Å². The molecule has 1 aromatic heterocycles. The number of rotatable bonds is 8. The summed E-state index contributed by atoms with van der Waals surface area (Å²) in [6.07, 6.45) is 2.34. The normalized spacial score (nSPS) is 16.4. The van der Waals surface area contributed by atoms with Gasteiger partial charge < -0.3 is 27.0 Å². The van der Waals surface area contributed by atoms with Crippen molar-refractivity contribution < 1.29 is 14.1 Å². The van der Waals surface area contributed by atoms with Gasteiger partial charge in [0.15, 0.2) is 11.8 Å². The summed E-state index contributed by atoms with van der Waals surface area (Å²) in [7, 11) is 0. The van der Waals surface area contributed by atoms with Gasteiger partial charge in [-0.25, -0.2) is 0 Å². The molecule has 23 heavy (non-hydrogen) atoms. The number of amides is 2. The number of nitrogens with zero attached hydrogens (tertiary/aromatic N) is 3. The molecule has 0 unspecified atom stereocenters. The largest absolute Gasteiger partial charge is 0.370 e. The molecule has 7 N–H and O–H groups in total. The maximum Gasteiger partial charge on any atom is 0.249 e. The molecule has 1 aliphatic rings. The summed E-state index contributed by atoms with van der Waals surface area (Å²) >= 11 is 0. The molecule has 10 nitrogen and oxygen atoms in total. The zero-order chi connectivity index (χ0) is 17.0. The highest BCUT2D eigenvalue weighted by atomic mass is 16.5. The average Bonchev–Trinajstić information content (AvgIpc) is 3.13. The van der Waals surface area contributed by atoms with E-state index in [2.05, 4.69) is 20.4 Å². The van der Waals surface area contributed by atoms with E-state index in [1.807, 2.05) is 0 Å². The van der Waals surface area contributed by atoms with Crippen molar-refractivity contribution in [3.8, 4) is 0 Å². The lowest BCUT2D eigenvalue weighted by Gasteiger charge is -2.13. The lowest BCUT2D eigenvalue weighted by atomic mass is 10.1. The van der Waals surface area contributed by atoms with E-state index in [4.69, 9.17) is 21.7 Å². The first-order valence-corrected chi connectivity index (χ1v) is 7.31. The Balaban J connectivity index is 2.07. The number of carbonyl (C=O) groups is 2. The molecule has 2 rings (SSSR count). The molecule has 0 aromatic carbocycles. The van der Waals surface area contributed by atoms with E-state index >= 15 is 0 Å². The van der Waals surface area contributed by atoms with Crippen molar-refractivity contribution >= 4 is 17.8 Å². The van der Waals surface area contributed by atoms with Gasteiger partial charge in [-0.2, -0.15) is 4.98 Å². The summed E-state index contributed by atoms with van der Waals surface area (Å²) in [6.45, 7) is 1.82. The maximum absolute atomic E-state index is 11.5. The number of nitrogens with two attached hydrogens (primary N) is 3. The zero-order valence-electron chi connectivity index (χ0n) is 12.9. The fraction of sp³-hybridized carbons (Fsp3) is 0.615. The minimum atomic E-state index is -0.819. The van der Waals surface area contributed by atoms with Gasteiger partial charge in [0.05, 0.1) is 0 Å². The fourth-order valence-corrected chi connectivity index (χ4v) is 2.28. The smallest absolute Gasteiger partial charge is 0.249 e. The Morgan fingerprint density at radius 1 is 1.39 bits per heavy atom. The van der Waals surface area contributed by atoms with Gasteiger partial charge >= 0.3 is 0 Å². The van der Waals surface area contributed by atoms with Crippen LogP contribution in [-0.4, -0.2) is 34.5 Å².